The SMILES string of the molecule is CCC(C)([SH2+])c1ccc(C(C)C)cc1. The van der Waals surface area contributed by atoms with E-state index in [0.717, 1.165) is 6.42 Å². The van der Waals surface area contributed by atoms with Gasteiger partial charge in [-0.2, -0.15) is 0 Å². The van der Waals surface area contributed by atoms with Crippen molar-refractivity contribution in [2.24, 2.45) is 0 Å². The molecule has 1 rings (SSSR count). The molecule has 0 aliphatic carbocycles. The first-order valence-electron chi connectivity index (χ1n) is 5.33. The molecule has 0 fully saturated rings. The fourth-order valence-corrected chi connectivity index (χ4v) is 1.61. The van der Waals surface area contributed by atoms with Crippen molar-refractivity contribution in [3.05, 3.63) is 35.4 Å². The molecule has 1 atom stereocenters. The third kappa shape index (κ3) is 2.54. The van der Waals surface area contributed by atoms with Crippen molar-refractivity contribution in [1.29, 1.82) is 0 Å². The molecule has 0 aliphatic rings. The largest absolute Gasteiger partial charge is 0.145 e. The van der Waals surface area contributed by atoms with Gasteiger partial charge in [0.2, 0.25) is 0 Å². The van der Waals surface area contributed by atoms with Crippen LogP contribution in [0.4, 0.5) is 0 Å². The fraction of sp³-hybridized carbons (Fsp3) is 0.538. The molecule has 0 radical (unpaired) electrons. The number of hydrogen-bond acceptors (Lipinski definition) is 0. The molecule has 1 heteroatoms. The van der Waals surface area contributed by atoms with Gasteiger partial charge in [-0.3, -0.25) is 0 Å². The van der Waals surface area contributed by atoms with E-state index in [4.69, 9.17) is 0 Å². The summed E-state index contributed by atoms with van der Waals surface area (Å²) in [5.41, 5.74) is 2.77. The average molecular weight is 209 g/mol. The van der Waals surface area contributed by atoms with E-state index in [1.807, 2.05) is 0 Å². The second kappa shape index (κ2) is 4.39. The molecule has 1 aromatic rings. The summed E-state index contributed by atoms with van der Waals surface area (Å²) in [4.78, 5) is 0. The van der Waals surface area contributed by atoms with Crippen LogP contribution in [0.3, 0.4) is 0 Å². The van der Waals surface area contributed by atoms with Gasteiger partial charge in [-0.05, 0) is 37.5 Å². The second-order valence-corrected chi connectivity index (χ2v) is 5.57. The Morgan fingerprint density at radius 2 is 1.71 bits per heavy atom. The Morgan fingerprint density at radius 3 is 2.07 bits per heavy atom. The second-order valence-electron chi connectivity index (χ2n) is 4.46. The quantitative estimate of drug-likeness (QED) is 0.669. The van der Waals surface area contributed by atoms with Gasteiger partial charge in [-0.15, -0.1) is 0 Å². The van der Waals surface area contributed by atoms with E-state index < -0.39 is 0 Å². The molecule has 0 aliphatic heterocycles. The first kappa shape index (κ1) is 11.6. The highest BCUT2D eigenvalue weighted by molar-refractivity contribution is 7.60. The molecule has 1 unspecified atom stereocenters. The Labute approximate surface area is 93.1 Å². The number of rotatable bonds is 3. The smallest absolute Gasteiger partial charge is 0.0600 e. The van der Waals surface area contributed by atoms with Gasteiger partial charge >= 0.3 is 0 Å². The predicted molar refractivity (Wildman–Crippen MR) is 68.3 cm³/mol. The molecule has 0 bridgehead atoms. The van der Waals surface area contributed by atoms with Crippen LogP contribution < -0.4 is 0 Å². The van der Waals surface area contributed by atoms with E-state index in [1.165, 1.54) is 11.1 Å². The maximum atomic E-state index is 3.80. The van der Waals surface area contributed by atoms with E-state index in [-0.39, 0.29) is 4.75 Å². The summed E-state index contributed by atoms with van der Waals surface area (Å²) in [5.74, 6) is 0.617. The maximum Gasteiger partial charge on any atom is 0.145 e. The molecular formula is C13H21S+. The van der Waals surface area contributed by atoms with Crippen LogP contribution >= 0.6 is 0 Å². The summed E-state index contributed by atoms with van der Waals surface area (Å²) in [6, 6.07) is 8.92. The lowest BCUT2D eigenvalue weighted by molar-refractivity contribution is 0.668. The first-order chi connectivity index (χ1) is 6.47. The van der Waals surface area contributed by atoms with Crippen LogP contribution in [0.5, 0.6) is 0 Å². The minimum atomic E-state index is 0.121. The van der Waals surface area contributed by atoms with Gasteiger partial charge in [0.25, 0.3) is 0 Å². The molecule has 1 aromatic carbocycles. The molecule has 0 amide bonds. The van der Waals surface area contributed by atoms with Crippen molar-refractivity contribution in [2.45, 2.75) is 44.8 Å². The lowest BCUT2D eigenvalue weighted by Gasteiger charge is -2.16. The van der Waals surface area contributed by atoms with E-state index in [2.05, 4.69) is 64.6 Å². The van der Waals surface area contributed by atoms with E-state index in [0.29, 0.717) is 5.92 Å². The normalized spacial score (nSPS) is 15.6. The lowest BCUT2D eigenvalue weighted by Crippen LogP contribution is -2.16. The van der Waals surface area contributed by atoms with Crippen LogP contribution in [-0.2, 0) is 17.4 Å². The van der Waals surface area contributed by atoms with Gasteiger partial charge in [0.15, 0.2) is 0 Å². The van der Waals surface area contributed by atoms with Gasteiger partial charge < -0.3 is 0 Å². The van der Waals surface area contributed by atoms with E-state index >= 15 is 0 Å². The van der Waals surface area contributed by atoms with Crippen molar-refractivity contribution in [1.82, 2.24) is 0 Å². The van der Waals surface area contributed by atoms with Crippen LogP contribution in [0.15, 0.2) is 24.3 Å². The van der Waals surface area contributed by atoms with Gasteiger partial charge in [0.05, 0.1) is 0 Å². The minimum Gasteiger partial charge on any atom is -0.0600 e. The van der Waals surface area contributed by atoms with Crippen LogP contribution in [0.1, 0.15) is 51.2 Å². The number of benzene rings is 1. The Hall–Kier alpha value is -0.430. The third-order valence-corrected chi connectivity index (χ3v) is 3.56. The molecular weight excluding hydrogens is 188 g/mol. The van der Waals surface area contributed by atoms with Gasteiger partial charge in [-0.25, -0.2) is 0 Å². The van der Waals surface area contributed by atoms with Crippen LogP contribution in [-0.4, -0.2) is 0 Å². The van der Waals surface area contributed by atoms with Gasteiger partial charge in [0.1, 0.15) is 4.75 Å². The minimum absolute atomic E-state index is 0.121. The molecule has 0 aromatic heterocycles. The first-order valence-corrected chi connectivity index (χ1v) is 5.83. The van der Waals surface area contributed by atoms with Gasteiger partial charge in [-0.1, -0.05) is 45.0 Å². The van der Waals surface area contributed by atoms with E-state index in [1.54, 1.807) is 0 Å². The highest BCUT2D eigenvalue weighted by Gasteiger charge is 2.25. The zero-order valence-corrected chi connectivity index (χ0v) is 10.6. The monoisotopic (exact) mass is 209 g/mol. The van der Waals surface area contributed by atoms with Crippen molar-refractivity contribution < 1.29 is 0 Å². The van der Waals surface area contributed by atoms with Crippen molar-refractivity contribution in [3.63, 3.8) is 0 Å². The topological polar surface area (TPSA) is 0 Å². The Balaban J connectivity index is 2.94. The maximum absolute atomic E-state index is 3.80. The van der Waals surface area contributed by atoms with Crippen molar-refractivity contribution in [2.75, 3.05) is 0 Å². The zero-order valence-electron chi connectivity index (χ0n) is 9.59. The summed E-state index contributed by atoms with van der Waals surface area (Å²) in [6.07, 6.45) is 1.10. The summed E-state index contributed by atoms with van der Waals surface area (Å²) >= 11 is 3.80. The third-order valence-electron chi connectivity index (χ3n) is 2.92. The van der Waals surface area contributed by atoms with Crippen LogP contribution in [0.2, 0.25) is 0 Å². The van der Waals surface area contributed by atoms with Crippen LogP contribution in [0.25, 0.3) is 0 Å². The lowest BCUT2D eigenvalue weighted by atomic mass is 9.94. The fourth-order valence-electron chi connectivity index (χ4n) is 1.44. The molecule has 14 heavy (non-hydrogen) atoms. The molecule has 0 saturated heterocycles. The summed E-state index contributed by atoms with van der Waals surface area (Å²) in [5, 5.41) is 0. The van der Waals surface area contributed by atoms with Crippen LogP contribution in [0, 0.1) is 0 Å². The molecule has 78 valence electrons. The average Bonchev–Trinajstić information content (AvgIpc) is 2.18. The highest BCUT2D eigenvalue weighted by Crippen LogP contribution is 2.26. The Bertz CT molecular complexity index is 283. The molecule has 0 saturated carbocycles. The molecule has 0 nitrogen and oxygen atoms in total. The molecule has 0 N–H and O–H groups in total. The highest BCUT2D eigenvalue weighted by atomic mass is 32.1. The summed E-state index contributed by atoms with van der Waals surface area (Å²) in [6.45, 7) is 8.86. The number of hydrogen-bond donors (Lipinski definition) is 0. The van der Waals surface area contributed by atoms with E-state index in [9.17, 15) is 0 Å². The molecule has 0 spiro atoms. The Kier molecular flexibility index (Phi) is 3.65. The standard InChI is InChI=1S/C13H20S/c1-5-13(4,14)12-8-6-11(7-9-12)10(2)3/h6-10,14H,5H2,1-4H3/p+1. The van der Waals surface area contributed by atoms with Gasteiger partial charge in [0, 0.05) is 5.56 Å². The van der Waals surface area contributed by atoms with Crippen molar-refractivity contribution in [3.8, 4) is 0 Å². The zero-order chi connectivity index (χ0) is 10.8. The molecule has 0 heterocycles. The summed E-state index contributed by atoms with van der Waals surface area (Å²) in [7, 11) is 0. The predicted octanol–water partition coefficient (Wildman–Crippen LogP) is 3.45. The summed E-state index contributed by atoms with van der Waals surface area (Å²) < 4.78 is 0.121. The Morgan fingerprint density at radius 1 is 1.21 bits per heavy atom. The van der Waals surface area contributed by atoms with Crippen molar-refractivity contribution >= 4 is 12.6 Å².